The predicted molar refractivity (Wildman–Crippen MR) is 155 cm³/mol. The molecule has 2 N–H and O–H groups in total. The highest BCUT2D eigenvalue weighted by molar-refractivity contribution is 6.07. The molecule has 0 radical (unpaired) electrons. The molecule has 0 aromatic heterocycles. The second-order valence-electron chi connectivity index (χ2n) is 11.7. The lowest BCUT2D eigenvalue weighted by Gasteiger charge is -2.43. The monoisotopic (exact) mass is 566 g/mol. The third-order valence-electron chi connectivity index (χ3n) is 9.20. The molecule has 40 heavy (non-hydrogen) atoms. The van der Waals surface area contributed by atoms with E-state index in [2.05, 4.69) is 39.8 Å². The summed E-state index contributed by atoms with van der Waals surface area (Å²) in [6.07, 6.45) is 3.98. The normalized spacial score (nSPS) is 25.0. The fraction of sp³-hybridized carbons (Fsp3) is 0.516. The van der Waals surface area contributed by atoms with Gasteiger partial charge in [0.1, 0.15) is 11.3 Å². The Kier molecular flexibility index (Phi) is 8.50. The second-order valence-corrected chi connectivity index (χ2v) is 11.7. The summed E-state index contributed by atoms with van der Waals surface area (Å²) in [4.78, 5) is 44.0. The summed E-state index contributed by atoms with van der Waals surface area (Å²) in [7, 11) is 1.61. The molecule has 2 aromatic rings. The Labute approximate surface area is 242 Å². The number of imide groups is 1. The van der Waals surface area contributed by atoms with Crippen molar-refractivity contribution in [2.24, 2.45) is 11.8 Å². The molecule has 3 atom stereocenters. The Morgan fingerprint density at radius 3 is 2.38 bits per heavy atom. The average molecular weight is 567 g/mol. The molecule has 4 aliphatic rings. The summed E-state index contributed by atoms with van der Waals surface area (Å²) in [5.41, 5.74) is 1.26. The van der Waals surface area contributed by atoms with E-state index >= 15 is 0 Å². The Balaban J connectivity index is 0.00000323. The number of piperidine rings is 1. The molecule has 2 aromatic carbocycles. The molecular weight excluding hydrogens is 528 g/mol. The van der Waals surface area contributed by atoms with Crippen molar-refractivity contribution in [3.63, 3.8) is 0 Å². The van der Waals surface area contributed by atoms with E-state index in [1.807, 2.05) is 30.3 Å². The van der Waals surface area contributed by atoms with Crippen LogP contribution in [0, 0.1) is 11.8 Å². The predicted octanol–water partition coefficient (Wildman–Crippen LogP) is 3.74. The van der Waals surface area contributed by atoms with Gasteiger partial charge in [-0.25, -0.2) is 4.79 Å². The summed E-state index contributed by atoms with van der Waals surface area (Å²) < 4.78 is 5.22. The smallest absolute Gasteiger partial charge is 0.325 e. The number of hydrogen-bond acceptors (Lipinski definition) is 6. The molecule has 3 amide bonds. The number of methoxy groups -OCH3 is 1. The van der Waals surface area contributed by atoms with Gasteiger partial charge in [-0.2, -0.15) is 0 Å². The number of ketones is 1. The van der Waals surface area contributed by atoms with Gasteiger partial charge in [-0.1, -0.05) is 42.5 Å². The summed E-state index contributed by atoms with van der Waals surface area (Å²) in [6.45, 7) is 3.14. The topological polar surface area (TPSA) is 91.0 Å². The van der Waals surface area contributed by atoms with Crippen LogP contribution in [0.4, 0.5) is 4.79 Å². The van der Waals surface area contributed by atoms with Crippen LogP contribution in [0.1, 0.15) is 49.1 Å². The van der Waals surface area contributed by atoms with Crippen LogP contribution >= 0.6 is 12.4 Å². The van der Waals surface area contributed by atoms with E-state index < -0.39 is 5.54 Å². The fourth-order valence-electron chi connectivity index (χ4n) is 6.79. The first-order valence-corrected chi connectivity index (χ1v) is 14.3. The second kappa shape index (κ2) is 11.9. The minimum Gasteiger partial charge on any atom is -0.497 e. The highest BCUT2D eigenvalue weighted by atomic mass is 35.5. The van der Waals surface area contributed by atoms with Crippen LogP contribution in [-0.4, -0.2) is 72.4 Å². The maximum absolute atomic E-state index is 13.8. The van der Waals surface area contributed by atoms with E-state index in [4.69, 9.17) is 4.74 Å². The third kappa shape index (κ3) is 5.62. The fourth-order valence-corrected chi connectivity index (χ4v) is 6.79. The Bertz CT molecular complexity index is 1210. The first-order chi connectivity index (χ1) is 19.0. The van der Waals surface area contributed by atoms with Gasteiger partial charge in [-0.3, -0.25) is 19.4 Å². The molecule has 1 saturated carbocycles. The number of nitrogens with zero attached hydrogens (tertiary/aromatic N) is 2. The molecule has 9 heteroatoms. The molecular formula is C31H39ClN4O4. The van der Waals surface area contributed by atoms with E-state index in [0.717, 1.165) is 37.2 Å². The van der Waals surface area contributed by atoms with Crippen molar-refractivity contribution in [3.8, 4) is 5.75 Å². The molecule has 6 rings (SSSR count). The summed E-state index contributed by atoms with van der Waals surface area (Å²) in [6, 6.07) is 17.4. The molecule has 4 fully saturated rings. The zero-order chi connectivity index (χ0) is 27.0. The standard InChI is InChI=1S/C31H38N4O4.ClH/c1-39-24-11-9-22(10-12-24)20-35-29(37)31(33-30(35)38)13-15-34(16-14-31)28(27(36)17-21-7-8-21)26-19-32-18-25(26)23-5-3-2-4-6-23;/h2-6,9-12,21,25-26,28,32H,7-8,13-20H2,1H3,(H,33,38);1H/t25-,26-,28?;/m1./s1. The molecule has 8 nitrogen and oxygen atoms in total. The summed E-state index contributed by atoms with van der Waals surface area (Å²) >= 11 is 0. The van der Waals surface area contributed by atoms with Crippen LogP contribution in [0.25, 0.3) is 0 Å². The Morgan fingerprint density at radius 1 is 1.02 bits per heavy atom. The number of likely N-dealkylation sites (tertiary alicyclic amines) is 1. The van der Waals surface area contributed by atoms with Gasteiger partial charge in [0.05, 0.1) is 19.7 Å². The van der Waals surface area contributed by atoms with Gasteiger partial charge in [-0.15, -0.1) is 12.4 Å². The number of carbonyl (C=O) groups is 3. The minimum absolute atomic E-state index is 0. The average Bonchev–Trinajstić information content (AvgIpc) is 3.59. The van der Waals surface area contributed by atoms with E-state index in [9.17, 15) is 14.4 Å². The maximum atomic E-state index is 13.8. The number of rotatable bonds is 9. The van der Waals surface area contributed by atoms with Gasteiger partial charge in [0.15, 0.2) is 5.78 Å². The first-order valence-electron chi connectivity index (χ1n) is 14.3. The zero-order valence-electron chi connectivity index (χ0n) is 23.0. The van der Waals surface area contributed by atoms with Gasteiger partial charge in [-0.05, 0) is 54.9 Å². The number of hydrogen-bond donors (Lipinski definition) is 2. The highest BCUT2D eigenvalue weighted by Crippen LogP contribution is 2.40. The van der Waals surface area contributed by atoms with Crippen molar-refractivity contribution in [2.75, 3.05) is 33.3 Å². The molecule has 1 aliphatic carbocycles. The van der Waals surface area contributed by atoms with E-state index in [1.165, 1.54) is 10.5 Å². The number of amides is 3. The lowest BCUT2D eigenvalue weighted by Crippen LogP contribution is -2.59. The minimum atomic E-state index is -0.892. The van der Waals surface area contributed by atoms with Crippen LogP contribution in [0.15, 0.2) is 54.6 Å². The zero-order valence-corrected chi connectivity index (χ0v) is 23.8. The summed E-state index contributed by atoms with van der Waals surface area (Å²) in [5.74, 6) is 1.91. The van der Waals surface area contributed by atoms with Crippen LogP contribution in [0.5, 0.6) is 5.75 Å². The number of nitrogens with one attached hydrogen (secondary N) is 2. The quantitative estimate of drug-likeness (QED) is 0.449. The molecule has 0 bridgehead atoms. The molecule has 1 unspecified atom stereocenters. The van der Waals surface area contributed by atoms with Crippen molar-refractivity contribution in [2.45, 2.75) is 56.1 Å². The Morgan fingerprint density at radius 2 is 1.73 bits per heavy atom. The lowest BCUT2D eigenvalue weighted by molar-refractivity contribution is -0.134. The molecule has 3 heterocycles. The van der Waals surface area contributed by atoms with Crippen molar-refractivity contribution >= 4 is 30.1 Å². The maximum Gasteiger partial charge on any atom is 0.325 e. The van der Waals surface area contributed by atoms with Gasteiger partial charge in [0.25, 0.3) is 5.91 Å². The van der Waals surface area contributed by atoms with Crippen molar-refractivity contribution < 1.29 is 19.1 Å². The van der Waals surface area contributed by atoms with Crippen molar-refractivity contribution in [1.29, 1.82) is 0 Å². The Hall–Kier alpha value is -2.94. The van der Waals surface area contributed by atoms with Crippen LogP contribution in [0.3, 0.4) is 0 Å². The molecule has 3 saturated heterocycles. The first kappa shape index (κ1) is 28.6. The van der Waals surface area contributed by atoms with E-state index in [1.54, 1.807) is 7.11 Å². The summed E-state index contributed by atoms with van der Waals surface area (Å²) in [5, 5.41) is 6.59. The van der Waals surface area contributed by atoms with Crippen LogP contribution < -0.4 is 15.4 Å². The molecule has 1 spiro atoms. The van der Waals surface area contributed by atoms with Crippen LogP contribution in [0.2, 0.25) is 0 Å². The van der Waals surface area contributed by atoms with Gasteiger partial charge < -0.3 is 15.4 Å². The lowest BCUT2D eigenvalue weighted by atomic mass is 9.78. The molecule has 3 aliphatic heterocycles. The van der Waals surface area contributed by atoms with Crippen molar-refractivity contribution in [1.82, 2.24) is 20.4 Å². The number of Topliss-reactive ketones (excluding diaryl/α,β-unsaturated/α-hetero) is 1. The number of halogens is 1. The SMILES string of the molecule is COc1ccc(CN2C(=O)NC3(CCN(C(C(=O)CC4CC4)[C@@H]4CNC[C@@H]4c4ccccc4)CC3)C2=O)cc1.Cl. The number of carbonyl (C=O) groups excluding carboxylic acids is 3. The highest BCUT2D eigenvalue weighted by Gasteiger charge is 2.54. The van der Waals surface area contributed by atoms with Gasteiger partial charge in [0, 0.05) is 44.4 Å². The van der Waals surface area contributed by atoms with Crippen LogP contribution in [-0.2, 0) is 16.1 Å². The van der Waals surface area contributed by atoms with Gasteiger partial charge >= 0.3 is 6.03 Å². The van der Waals surface area contributed by atoms with Crippen molar-refractivity contribution in [3.05, 3.63) is 65.7 Å². The van der Waals surface area contributed by atoms with E-state index in [-0.39, 0.29) is 48.8 Å². The largest absolute Gasteiger partial charge is 0.497 e. The molecule has 214 valence electrons. The third-order valence-corrected chi connectivity index (χ3v) is 9.20. The number of ether oxygens (including phenoxy) is 1. The van der Waals surface area contributed by atoms with Gasteiger partial charge in [0.2, 0.25) is 0 Å². The number of urea groups is 1. The van der Waals surface area contributed by atoms with E-state index in [0.29, 0.717) is 44.1 Å². The number of benzene rings is 2.